The number of nitriles is 1. The van der Waals surface area contributed by atoms with Crippen LogP contribution >= 0.6 is 0 Å². The second kappa shape index (κ2) is 5.24. The lowest BCUT2D eigenvalue weighted by Crippen LogP contribution is -2.26. The van der Waals surface area contributed by atoms with Crippen LogP contribution in [0.2, 0.25) is 0 Å². The van der Waals surface area contributed by atoms with Crippen LogP contribution in [0.25, 0.3) is 0 Å². The van der Waals surface area contributed by atoms with Crippen molar-refractivity contribution in [2.45, 2.75) is 51.6 Å². The van der Waals surface area contributed by atoms with Crippen LogP contribution in [0.1, 0.15) is 45.4 Å². The van der Waals surface area contributed by atoms with Gasteiger partial charge in [0.15, 0.2) is 0 Å². The number of hydrogen-bond acceptors (Lipinski definition) is 2. The lowest BCUT2D eigenvalue weighted by Gasteiger charge is -2.22. The van der Waals surface area contributed by atoms with E-state index in [1.165, 1.54) is 25.7 Å². The van der Waals surface area contributed by atoms with Crippen molar-refractivity contribution >= 4 is 0 Å². The fraction of sp³-hybridized carbons (Fsp3) is 0.909. The highest BCUT2D eigenvalue weighted by Gasteiger charge is 2.25. The van der Waals surface area contributed by atoms with E-state index < -0.39 is 6.10 Å². The molecule has 0 radical (unpaired) electrons. The zero-order valence-corrected chi connectivity index (χ0v) is 8.37. The Hall–Kier alpha value is -0.550. The van der Waals surface area contributed by atoms with Crippen LogP contribution in [-0.4, -0.2) is 11.2 Å². The van der Waals surface area contributed by atoms with Crippen molar-refractivity contribution in [1.82, 2.24) is 0 Å². The minimum absolute atomic E-state index is 0.205. The molecule has 0 amide bonds. The highest BCUT2D eigenvalue weighted by Crippen LogP contribution is 2.28. The molecule has 0 bridgehead atoms. The average Bonchev–Trinajstić information content (AvgIpc) is 2.43. The molecule has 1 saturated carbocycles. The van der Waals surface area contributed by atoms with Gasteiger partial charge in [0, 0.05) is 0 Å². The van der Waals surface area contributed by atoms with Crippen LogP contribution in [0.4, 0.5) is 0 Å². The van der Waals surface area contributed by atoms with Crippen molar-refractivity contribution in [2.75, 3.05) is 0 Å². The Morgan fingerprint density at radius 2 is 1.77 bits per heavy atom. The van der Waals surface area contributed by atoms with Crippen molar-refractivity contribution in [1.29, 1.82) is 5.26 Å². The summed E-state index contributed by atoms with van der Waals surface area (Å²) in [7, 11) is 0. The molecule has 0 aromatic carbocycles. The van der Waals surface area contributed by atoms with Crippen LogP contribution in [0.5, 0.6) is 0 Å². The lowest BCUT2D eigenvalue weighted by atomic mass is 9.87. The van der Waals surface area contributed by atoms with E-state index in [1.807, 2.05) is 6.92 Å². The fourth-order valence-electron chi connectivity index (χ4n) is 2.14. The van der Waals surface area contributed by atoms with E-state index in [1.54, 1.807) is 0 Å². The van der Waals surface area contributed by atoms with Crippen LogP contribution in [0, 0.1) is 23.2 Å². The number of hydrogen-bond donors (Lipinski definition) is 1. The molecule has 0 aromatic heterocycles. The number of nitrogens with zero attached hydrogens (tertiary/aromatic N) is 1. The Labute approximate surface area is 80.6 Å². The molecule has 1 fully saturated rings. The van der Waals surface area contributed by atoms with Crippen LogP contribution in [0.3, 0.4) is 0 Å². The van der Waals surface area contributed by atoms with Crippen LogP contribution < -0.4 is 0 Å². The van der Waals surface area contributed by atoms with Gasteiger partial charge in [-0.1, -0.05) is 25.7 Å². The normalized spacial score (nSPS) is 24.4. The second-order valence-corrected chi connectivity index (χ2v) is 4.16. The quantitative estimate of drug-likeness (QED) is 0.665. The summed E-state index contributed by atoms with van der Waals surface area (Å²) in [5, 5.41) is 18.5. The number of aliphatic hydroxyl groups excluding tert-OH is 1. The van der Waals surface area contributed by atoms with Crippen LogP contribution in [-0.2, 0) is 0 Å². The standard InChI is InChI=1S/C11H19NO/c1-9(8-12)11(13)10-6-4-2-3-5-7-10/h9-11,13H,2-7H2,1H3. The van der Waals surface area contributed by atoms with Gasteiger partial charge in [-0.05, 0) is 25.7 Å². The summed E-state index contributed by atoms with van der Waals surface area (Å²) in [5.41, 5.74) is 0. The van der Waals surface area contributed by atoms with Crippen molar-refractivity contribution < 1.29 is 5.11 Å². The number of rotatable bonds is 2. The first kappa shape index (κ1) is 10.5. The van der Waals surface area contributed by atoms with Crippen molar-refractivity contribution in [3.8, 4) is 6.07 Å². The summed E-state index contributed by atoms with van der Waals surface area (Å²) in [4.78, 5) is 0. The SMILES string of the molecule is CC(C#N)C(O)C1CCCCCC1. The zero-order chi connectivity index (χ0) is 9.68. The van der Waals surface area contributed by atoms with E-state index in [0.29, 0.717) is 5.92 Å². The molecule has 74 valence electrons. The van der Waals surface area contributed by atoms with Gasteiger partial charge in [0.2, 0.25) is 0 Å². The first-order valence-corrected chi connectivity index (χ1v) is 5.33. The molecular weight excluding hydrogens is 162 g/mol. The Morgan fingerprint density at radius 3 is 2.23 bits per heavy atom. The molecule has 0 saturated heterocycles. The van der Waals surface area contributed by atoms with E-state index in [-0.39, 0.29) is 5.92 Å². The molecule has 1 N–H and O–H groups in total. The van der Waals surface area contributed by atoms with E-state index in [9.17, 15) is 5.11 Å². The maximum Gasteiger partial charge on any atom is 0.0723 e. The molecule has 2 unspecified atom stereocenters. The van der Waals surface area contributed by atoms with Gasteiger partial charge in [-0.15, -0.1) is 0 Å². The topological polar surface area (TPSA) is 44.0 Å². The highest BCUT2D eigenvalue weighted by molar-refractivity contribution is 4.88. The highest BCUT2D eigenvalue weighted by atomic mass is 16.3. The lowest BCUT2D eigenvalue weighted by molar-refractivity contribution is 0.0696. The third-order valence-electron chi connectivity index (χ3n) is 3.10. The van der Waals surface area contributed by atoms with Gasteiger partial charge in [-0.2, -0.15) is 5.26 Å². The summed E-state index contributed by atoms with van der Waals surface area (Å²) >= 11 is 0. The molecular formula is C11H19NO. The number of aliphatic hydroxyl groups is 1. The minimum atomic E-state index is -0.400. The Bertz CT molecular complexity index is 177. The van der Waals surface area contributed by atoms with E-state index in [2.05, 4.69) is 6.07 Å². The summed E-state index contributed by atoms with van der Waals surface area (Å²) in [6.45, 7) is 1.82. The van der Waals surface area contributed by atoms with Crippen molar-refractivity contribution in [2.24, 2.45) is 11.8 Å². The molecule has 2 heteroatoms. The summed E-state index contributed by atoms with van der Waals surface area (Å²) in [6, 6.07) is 2.13. The van der Waals surface area contributed by atoms with E-state index in [0.717, 1.165) is 12.8 Å². The second-order valence-electron chi connectivity index (χ2n) is 4.16. The first-order valence-electron chi connectivity index (χ1n) is 5.33. The maximum atomic E-state index is 9.84. The average molecular weight is 181 g/mol. The monoisotopic (exact) mass is 181 g/mol. The van der Waals surface area contributed by atoms with Crippen molar-refractivity contribution in [3.05, 3.63) is 0 Å². The molecule has 1 aliphatic carbocycles. The zero-order valence-electron chi connectivity index (χ0n) is 8.37. The largest absolute Gasteiger partial charge is 0.391 e. The fourth-order valence-corrected chi connectivity index (χ4v) is 2.14. The molecule has 13 heavy (non-hydrogen) atoms. The predicted molar refractivity (Wildman–Crippen MR) is 52.0 cm³/mol. The van der Waals surface area contributed by atoms with Gasteiger partial charge in [0.1, 0.15) is 0 Å². The molecule has 2 atom stereocenters. The summed E-state index contributed by atoms with van der Waals surface area (Å²) in [6.07, 6.45) is 6.84. The Morgan fingerprint density at radius 1 is 1.23 bits per heavy atom. The van der Waals surface area contributed by atoms with Gasteiger partial charge in [-0.25, -0.2) is 0 Å². The Balaban J connectivity index is 2.44. The molecule has 0 aromatic rings. The summed E-state index contributed by atoms with van der Waals surface area (Å²) < 4.78 is 0. The third kappa shape index (κ3) is 3.00. The predicted octanol–water partition coefficient (Wildman–Crippen LogP) is 2.48. The molecule has 1 aliphatic rings. The smallest absolute Gasteiger partial charge is 0.0723 e. The van der Waals surface area contributed by atoms with Gasteiger partial charge in [0.25, 0.3) is 0 Å². The molecule has 0 aliphatic heterocycles. The molecule has 1 rings (SSSR count). The van der Waals surface area contributed by atoms with Gasteiger partial charge in [0.05, 0.1) is 18.1 Å². The van der Waals surface area contributed by atoms with Gasteiger partial charge in [-0.3, -0.25) is 0 Å². The van der Waals surface area contributed by atoms with Gasteiger partial charge >= 0.3 is 0 Å². The van der Waals surface area contributed by atoms with E-state index >= 15 is 0 Å². The van der Waals surface area contributed by atoms with Crippen molar-refractivity contribution in [3.63, 3.8) is 0 Å². The van der Waals surface area contributed by atoms with Gasteiger partial charge < -0.3 is 5.11 Å². The molecule has 0 heterocycles. The first-order chi connectivity index (χ1) is 6.25. The summed E-state index contributed by atoms with van der Waals surface area (Å²) in [5.74, 6) is 0.167. The van der Waals surface area contributed by atoms with E-state index in [4.69, 9.17) is 5.26 Å². The maximum absolute atomic E-state index is 9.84. The third-order valence-corrected chi connectivity index (χ3v) is 3.10. The molecule has 0 spiro atoms. The van der Waals surface area contributed by atoms with Crippen LogP contribution in [0.15, 0.2) is 0 Å². The Kier molecular flexibility index (Phi) is 4.24. The minimum Gasteiger partial charge on any atom is -0.391 e. The molecule has 2 nitrogen and oxygen atoms in total.